The maximum atomic E-state index is 13.0. The van der Waals surface area contributed by atoms with Crippen LogP contribution in [0.3, 0.4) is 0 Å². The number of hydrogen-bond acceptors (Lipinski definition) is 4. The fourth-order valence-electron chi connectivity index (χ4n) is 4.12. The topological polar surface area (TPSA) is 66.9 Å². The van der Waals surface area contributed by atoms with Gasteiger partial charge in [-0.2, -0.15) is 4.31 Å². The number of alkyl halides is 2. The number of nitrogens with zero attached hydrogens (tertiary/aromatic N) is 2. The molecule has 0 spiro atoms. The Morgan fingerprint density at radius 3 is 2.59 bits per heavy atom. The Kier molecular flexibility index (Phi) is 7.23. The van der Waals surface area contributed by atoms with Crippen molar-refractivity contribution >= 4 is 15.9 Å². The number of aryl methyl sites for hydroxylation is 2. The molecular weight excluding hydrogens is 402 g/mol. The standard InChI is InChI=1S/C20H28F2N2O4S/c1-28-12-11-23(14-19(21)22)20(25)16-7-9-24(10-8-16)29(26,27)18-6-5-15-3-2-4-17(15)13-18/h5-6,13,16,19H,2-4,7-12,14H2,1H3. The van der Waals surface area contributed by atoms with Gasteiger partial charge in [-0.1, -0.05) is 6.07 Å². The molecule has 1 aliphatic carbocycles. The van der Waals surface area contributed by atoms with Crippen LogP contribution in [0.25, 0.3) is 0 Å². The van der Waals surface area contributed by atoms with E-state index in [2.05, 4.69) is 0 Å². The van der Waals surface area contributed by atoms with E-state index in [0.29, 0.717) is 17.7 Å². The quantitative estimate of drug-likeness (QED) is 0.635. The molecule has 29 heavy (non-hydrogen) atoms. The van der Waals surface area contributed by atoms with Crippen molar-refractivity contribution in [1.29, 1.82) is 0 Å². The minimum absolute atomic E-state index is 0.104. The van der Waals surface area contributed by atoms with E-state index in [1.165, 1.54) is 17.0 Å². The van der Waals surface area contributed by atoms with Crippen molar-refractivity contribution < 1.29 is 26.7 Å². The Labute approximate surface area is 170 Å². The van der Waals surface area contributed by atoms with Crippen LogP contribution in [0.1, 0.15) is 30.4 Å². The molecule has 1 aliphatic heterocycles. The number of carbonyl (C=O) groups is 1. The van der Waals surface area contributed by atoms with Crippen molar-refractivity contribution in [1.82, 2.24) is 9.21 Å². The molecule has 1 aromatic carbocycles. The highest BCUT2D eigenvalue weighted by Gasteiger charge is 2.34. The number of rotatable bonds is 8. The first-order chi connectivity index (χ1) is 13.8. The number of halogens is 2. The lowest BCUT2D eigenvalue weighted by molar-refractivity contribution is -0.139. The van der Waals surface area contributed by atoms with E-state index in [9.17, 15) is 22.0 Å². The number of sulfonamides is 1. The Bertz CT molecular complexity index is 824. The summed E-state index contributed by atoms with van der Waals surface area (Å²) in [6.07, 6.45) is 0.977. The van der Waals surface area contributed by atoms with Gasteiger partial charge in [0, 0.05) is 32.7 Å². The van der Waals surface area contributed by atoms with Crippen molar-refractivity contribution in [3.05, 3.63) is 29.3 Å². The SMILES string of the molecule is COCCN(CC(F)F)C(=O)C1CCN(S(=O)(=O)c2ccc3c(c2)CCC3)CC1. The summed E-state index contributed by atoms with van der Waals surface area (Å²) in [5.74, 6) is -0.797. The van der Waals surface area contributed by atoms with Crippen LogP contribution in [0.5, 0.6) is 0 Å². The zero-order valence-electron chi connectivity index (χ0n) is 16.6. The summed E-state index contributed by atoms with van der Waals surface area (Å²) in [5, 5.41) is 0. The molecular formula is C20H28F2N2O4S. The third kappa shape index (κ3) is 5.13. The minimum Gasteiger partial charge on any atom is -0.383 e. The molecule has 9 heteroatoms. The first-order valence-corrected chi connectivity index (χ1v) is 11.4. The second-order valence-corrected chi connectivity index (χ2v) is 9.57. The molecule has 0 aromatic heterocycles. The van der Waals surface area contributed by atoms with Crippen LogP contribution in [-0.2, 0) is 32.4 Å². The lowest BCUT2D eigenvalue weighted by Crippen LogP contribution is -2.46. The molecule has 0 unspecified atom stereocenters. The summed E-state index contributed by atoms with van der Waals surface area (Å²) in [6.45, 7) is 0.0817. The largest absolute Gasteiger partial charge is 0.383 e. The van der Waals surface area contributed by atoms with Gasteiger partial charge >= 0.3 is 0 Å². The molecule has 0 radical (unpaired) electrons. The second-order valence-electron chi connectivity index (χ2n) is 7.63. The van der Waals surface area contributed by atoms with E-state index in [4.69, 9.17) is 4.74 Å². The number of hydrogen-bond donors (Lipinski definition) is 0. The Morgan fingerprint density at radius 2 is 1.93 bits per heavy atom. The first-order valence-electron chi connectivity index (χ1n) is 10.0. The minimum atomic E-state index is -3.62. The van der Waals surface area contributed by atoms with Crippen molar-refractivity contribution in [3.63, 3.8) is 0 Å². The fourth-order valence-corrected chi connectivity index (χ4v) is 5.64. The number of benzene rings is 1. The molecule has 162 valence electrons. The van der Waals surface area contributed by atoms with E-state index in [1.807, 2.05) is 6.07 Å². The maximum Gasteiger partial charge on any atom is 0.255 e. The van der Waals surface area contributed by atoms with Gasteiger partial charge in [-0.3, -0.25) is 4.79 Å². The Balaban J connectivity index is 1.63. The lowest BCUT2D eigenvalue weighted by atomic mass is 9.96. The normalized spacial score (nSPS) is 18.2. The fraction of sp³-hybridized carbons (Fsp3) is 0.650. The number of methoxy groups -OCH3 is 1. The van der Waals surface area contributed by atoms with Crippen molar-refractivity contribution in [2.45, 2.75) is 43.4 Å². The van der Waals surface area contributed by atoms with Gasteiger partial charge in [-0.05, 0) is 55.4 Å². The van der Waals surface area contributed by atoms with Gasteiger partial charge in [0.1, 0.15) is 0 Å². The van der Waals surface area contributed by atoms with E-state index in [0.717, 1.165) is 29.7 Å². The first kappa shape index (κ1) is 22.1. The molecule has 0 bridgehead atoms. The lowest BCUT2D eigenvalue weighted by Gasteiger charge is -2.33. The van der Waals surface area contributed by atoms with Crippen LogP contribution in [0.2, 0.25) is 0 Å². The van der Waals surface area contributed by atoms with Crippen LogP contribution in [0.4, 0.5) is 8.78 Å². The van der Waals surface area contributed by atoms with Gasteiger partial charge in [0.25, 0.3) is 6.43 Å². The molecule has 0 atom stereocenters. The smallest absolute Gasteiger partial charge is 0.255 e. The molecule has 1 saturated heterocycles. The molecule has 0 N–H and O–H groups in total. The molecule has 0 saturated carbocycles. The van der Waals surface area contributed by atoms with Crippen molar-refractivity contribution in [3.8, 4) is 0 Å². The van der Waals surface area contributed by atoms with Crippen LogP contribution in [0, 0.1) is 5.92 Å². The highest BCUT2D eigenvalue weighted by atomic mass is 32.2. The number of carbonyl (C=O) groups excluding carboxylic acids is 1. The Hall–Kier alpha value is -1.58. The summed E-state index contributed by atoms with van der Waals surface area (Å²) in [4.78, 5) is 14.1. The average Bonchev–Trinajstić information content (AvgIpc) is 3.18. The average molecular weight is 431 g/mol. The predicted molar refractivity (Wildman–Crippen MR) is 104 cm³/mol. The summed E-state index contributed by atoms with van der Waals surface area (Å²) >= 11 is 0. The molecule has 1 heterocycles. The zero-order valence-corrected chi connectivity index (χ0v) is 17.5. The monoisotopic (exact) mass is 430 g/mol. The van der Waals surface area contributed by atoms with E-state index in [1.54, 1.807) is 12.1 Å². The highest BCUT2D eigenvalue weighted by Crippen LogP contribution is 2.29. The van der Waals surface area contributed by atoms with Crippen LogP contribution < -0.4 is 0 Å². The summed E-state index contributed by atoms with van der Waals surface area (Å²) in [6, 6.07) is 5.32. The molecule has 1 fully saturated rings. The predicted octanol–water partition coefficient (Wildman–Crippen LogP) is 2.32. The third-order valence-corrected chi connectivity index (χ3v) is 7.64. The zero-order chi connectivity index (χ0) is 21.0. The molecule has 3 rings (SSSR count). The van der Waals surface area contributed by atoms with Gasteiger partial charge in [-0.15, -0.1) is 0 Å². The van der Waals surface area contributed by atoms with Crippen LogP contribution >= 0.6 is 0 Å². The van der Waals surface area contributed by atoms with Crippen molar-refractivity contribution in [2.24, 2.45) is 5.92 Å². The van der Waals surface area contributed by atoms with Crippen LogP contribution in [0.15, 0.2) is 23.1 Å². The van der Waals surface area contributed by atoms with Crippen LogP contribution in [-0.4, -0.2) is 69.9 Å². The second kappa shape index (κ2) is 9.49. The van der Waals surface area contributed by atoms with Gasteiger partial charge < -0.3 is 9.64 Å². The summed E-state index contributed by atoms with van der Waals surface area (Å²) < 4.78 is 57.9. The molecule has 1 amide bonds. The van der Waals surface area contributed by atoms with Gasteiger partial charge in [-0.25, -0.2) is 17.2 Å². The highest BCUT2D eigenvalue weighted by molar-refractivity contribution is 7.89. The van der Waals surface area contributed by atoms with Crippen molar-refractivity contribution in [2.75, 3.05) is 39.9 Å². The third-order valence-electron chi connectivity index (χ3n) is 5.75. The molecule has 1 aromatic rings. The van der Waals surface area contributed by atoms with Gasteiger partial charge in [0.2, 0.25) is 15.9 Å². The number of piperidine rings is 1. The molecule has 6 nitrogen and oxygen atoms in total. The Morgan fingerprint density at radius 1 is 1.24 bits per heavy atom. The summed E-state index contributed by atoms with van der Waals surface area (Å²) in [5.41, 5.74) is 2.31. The van der Waals surface area contributed by atoms with Gasteiger partial charge in [0.05, 0.1) is 18.0 Å². The summed E-state index contributed by atoms with van der Waals surface area (Å²) in [7, 11) is -2.17. The van der Waals surface area contributed by atoms with Gasteiger partial charge in [0.15, 0.2) is 0 Å². The van der Waals surface area contributed by atoms with E-state index >= 15 is 0 Å². The molecule has 2 aliphatic rings. The number of amides is 1. The maximum absolute atomic E-state index is 13.0. The number of ether oxygens (including phenoxy) is 1. The van der Waals surface area contributed by atoms with E-state index < -0.39 is 28.9 Å². The number of fused-ring (bicyclic) bond motifs is 1. The van der Waals surface area contributed by atoms with E-state index in [-0.39, 0.29) is 32.1 Å².